The third-order valence-electron chi connectivity index (χ3n) is 8.15. The van der Waals surface area contributed by atoms with E-state index in [9.17, 15) is 34.5 Å². The molecule has 4 heterocycles. The number of β-lactam (4-membered cyclic amide) rings is 1. The highest BCUT2D eigenvalue weighted by molar-refractivity contribution is 8.04. The van der Waals surface area contributed by atoms with Gasteiger partial charge in [-0.25, -0.2) is 14.0 Å². The Bertz CT molecular complexity index is 1630. The minimum atomic E-state index is -1.34. The minimum absolute atomic E-state index is 0.0399. The lowest BCUT2D eigenvalue weighted by molar-refractivity contribution is -0.156. The average molecular weight is 618 g/mol. The number of piperazine rings is 1. The number of hydrogen-bond acceptors (Lipinski definition) is 8. The van der Waals surface area contributed by atoms with Crippen molar-refractivity contribution < 1.29 is 34.1 Å². The molecule has 0 radical (unpaired) electrons. The van der Waals surface area contributed by atoms with Gasteiger partial charge in [-0.05, 0) is 44.1 Å². The molecule has 15 heteroatoms. The number of aliphatic hydroxyl groups excluding tert-OH is 1. The summed E-state index contributed by atoms with van der Waals surface area (Å²) in [4.78, 5) is 54.1. The standard InChI is InChI=1S/C27H28FN5O7S2/c1-12(34)20-23(36)33-21(26(39)40)19(42-24(20)33)10-29-27(41)31-6-4-30(5-7-31)18-9-17-14(8-16(18)28)22(35)15(25(37)38)11-32(17)13-2-3-13/h8-9,11-13,20,24,34H,2-7,10H2,1H3,(H,29,41)(H,37,38)(H,39,40). The SMILES string of the molecule is CC(O)C1C(=O)N2C(C(=O)O)=C(CNC(=S)N3CCN(c4cc5c(cc4F)c(=O)c(C(=O)O)cn5C4CC4)CC3)SC12. The molecular formula is C27H28FN5O7S2. The minimum Gasteiger partial charge on any atom is -0.477 e. The molecule has 1 saturated carbocycles. The zero-order chi connectivity index (χ0) is 30.0. The van der Waals surface area contributed by atoms with Gasteiger partial charge in [-0.1, -0.05) is 11.8 Å². The smallest absolute Gasteiger partial charge is 0.353 e. The monoisotopic (exact) mass is 617 g/mol. The van der Waals surface area contributed by atoms with Crippen molar-refractivity contribution >= 4 is 63.5 Å². The third kappa shape index (κ3) is 4.68. The number of thioether (sulfide) groups is 1. The summed E-state index contributed by atoms with van der Waals surface area (Å²) in [5, 5.41) is 32.1. The third-order valence-corrected chi connectivity index (χ3v) is 9.92. The number of amides is 1. The first-order chi connectivity index (χ1) is 20.0. The van der Waals surface area contributed by atoms with Gasteiger partial charge in [0.05, 0.1) is 29.8 Å². The summed E-state index contributed by atoms with van der Waals surface area (Å²) < 4.78 is 17.1. The average Bonchev–Trinajstić information content (AvgIpc) is 3.73. The highest BCUT2D eigenvalue weighted by atomic mass is 32.2. The van der Waals surface area contributed by atoms with Crippen LogP contribution in [-0.4, -0.2) is 96.8 Å². The van der Waals surface area contributed by atoms with Crippen LogP contribution < -0.4 is 15.6 Å². The number of carbonyl (C=O) groups excluding carboxylic acids is 1. The van der Waals surface area contributed by atoms with Crippen molar-refractivity contribution in [3.05, 3.63) is 50.5 Å². The Labute approximate surface area is 248 Å². The van der Waals surface area contributed by atoms with Gasteiger partial charge in [0, 0.05) is 48.7 Å². The second-order valence-electron chi connectivity index (χ2n) is 10.8. The Hall–Kier alpha value is -3.69. The Morgan fingerprint density at radius 3 is 2.43 bits per heavy atom. The van der Waals surface area contributed by atoms with Gasteiger partial charge in [-0.15, -0.1) is 0 Å². The van der Waals surface area contributed by atoms with Gasteiger partial charge in [0.2, 0.25) is 11.3 Å². The Morgan fingerprint density at radius 1 is 1.14 bits per heavy atom. The number of nitrogens with zero attached hydrogens (tertiary/aromatic N) is 4. The summed E-state index contributed by atoms with van der Waals surface area (Å²) in [7, 11) is 0. The molecule has 0 bridgehead atoms. The van der Waals surface area contributed by atoms with E-state index in [0.717, 1.165) is 18.9 Å². The van der Waals surface area contributed by atoms with Gasteiger partial charge in [0.15, 0.2) is 5.11 Å². The molecule has 3 atom stereocenters. The van der Waals surface area contributed by atoms with E-state index in [1.54, 1.807) is 10.6 Å². The summed E-state index contributed by atoms with van der Waals surface area (Å²) in [6.07, 6.45) is 2.17. The van der Waals surface area contributed by atoms with Crippen molar-refractivity contribution in [3.8, 4) is 0 Å². The molecule has 42 heavy (non-hydrogen) atoms. The zero-order valence-corrected chi connectivity index (χ0v) is 24.1. The summed E-state index contributed by atoms with van der Waals surface area (Å²) in [5.74, 6) is -4.24. The molecule has 3 fully saturated rings. The first-order valence-corrected chi connectivity index (χ1v) is 14.8. The number of carboxylic acid groups (broad SMARTS) is 2. The number of halogens is 1. The fourth-order valence-corrected chi connectivity index (χ4v) is 7.61. The van der Waals surface area contributed by atoms with E-state index in [0.29, 0.717) is 47.4 Å². The van der Waals surface area contributed by atoms with Crippen LogP contribution in [-0.2, 0) is 9.59 Å². The number of aromatic carboxylic acids is 1. The van der Waals surface area contributed by atoms with Crippen LogP contribution in [0.4, 0.5) is 10.1 Å². The molecule has 6 rings (SSSR count). The number of anilines is 1. The van der Waals surface area contributed by atoms with E-state index in [-0.39, 0.29) is 29.2 Å². The Balaban J connectivity index is 1.13. The van der Waals surface area contributed by atoms with Crippen molar-refractivity contribution in [3.63, 3.8) is 0 Å². The molecule has 4 N–H and O–H groups in total. The molecule has 1 amide bonds. The van der Waals surface area contributed by atoms with Crippen LogP contribution >= 0.6 is 24.0 Å². The van der Waals surface area contributed by atoms with Gasteiger partial charge in [0.25, 0.3) is 0 Å². The number of carbonyl (C=O) groups is 3. The number of benzene rings is 1. The van der Waals surface area contributed by atoms with Gasteiger partial charge >= 0.3 is 11.9 Å². The van der Waals surface area contributed by atoms with Crippen LogP contribution in [0.2, 0.25) is 0 Å². The first-order valence-electron chi connectivity index (χ1n) is 13.5. The Morgan fingerprint density at radius 2 is 1.83 bits per heavy atom. The highest BCUT2D eigenvalue weighted by Crippen LogP contribution is 2.50. The van der Waals surface area contributed by atoms with Crippen LogP contribution in [0.15, 0.2) is 33.7 Å². The summed E-state index contributed by atoms with van der Waals surface area (Å²) in [6.45, 7) is 3.36. The summed E-state index contributed by atoms with van der Waals surface area (Å²) in [6, 6.07) is 2.81. The molecule has 1 aromatic carbocycles. The second kappa shape index (κ2) is 10.5. The van der Waals surface area contributed by atoms with E-state index in [1.807, 2.05) is 9.80 Å². The van der Waals surface area contributed by atoms with Crippen LogP contribution in [0.3, 0.4) is 0 Å². The van der Waals surface area contributed by atoms with Crippen molar-refractivity contribution in [2.75, 3.05) is 37.6 Å². The van der Waals surface area contributed by atoms with E-state index < -0.39 is 46.5 Å². The number of hydrogen-bond donors (Lipinski definition) is 4. The molecule has 4 aliphatic rings. The summed E-state index contributed by atoms with van der Waals surface area (Å²) >= 11 is 6.79. The van der Waals surface area contributed by atoms with Gasteiger partial charge in [-0.3, -0.25) is 14.5 Å². The lowest BCUT2D eigenvalue weighted by Gasteiger charge is -2.43. The topological polar surface area (TPSA) is 156 Å². The van der Waals surface area contributed by atoms with E-state index in [2.05, 4.69) is 5.32 Å². The van der Waals surface area contributed by atoms with E-state index >= 15 is 4.39 Å². The quantitative estimate of drug-likeness (QED) is 0.262. The number of fused-ring (bicyclic) bond motifs is 2. The predicted molar refractivity (Wildman–Crippen MR) is 156 cm³/mol. The number of pyridine rings is 1. The molecule has 1 aliphatic carbocycles. The van der Waals surface area contributed by atoms with Crippen molar-refractivity contribution in [1.29, 1.82) is 0 Å². The highest BCUT2D eigenvalue weighted by Gasteiger charge is 2.57. The molecule has 2 aromatic rings. The molecular weight excluding hydrogens is 589 g/mol. The first kappa shape index (κ1) is 28.4. The maximum absolute atomic E-state index is 15.3. The zero-order valence-electron chi connectivity index (χ0n) is 22.4. The number of rotatable bonds is 7. The van der Waals surface area contributed by atoms with Gasteiger partial charge < -0.3 is 35.0 Å². The van der Waals surface area contributed by atoms with Gasteiger partial charge in [-0.2, -0.15) is 0 Å². The number of thiocarbonyl (C=S) groups is 1. The molecule has 1 aromatic heterocycles. The van der Waals surface area contributed by atoms with E-state index in [1.165, 1.54) is 29.8 Å². The molecule has 3 unspecified atom stereocenters. The second-order valence-corrected chi connectivity index (χ2v) is 12.4. The van der Waals surface area contributed by atoms with Crippen LogP contribution in [0.5, 0.6) is 0 Å². The van der Waals surface area contributed by atoms with Crippen LogP contribution in [0.1, 0.15) is 36.2 Å². The molecule has 0 spiro atoms. The summed E-state index contributed by atoms with van der Waals surface area (Å²) in [5.41, 5.74) is -0.366. The number of aromatic nitrogens is 1. The normalized spacial score (nSPS) is 22.7. The number of aliphatic carboxylic acids is 1. The number of nitrogens with one attached hydrogen (secondary N) is 1. The predicted octanol–water partition coefficient (Wildman–Crippen LogP) is 1.38. The fourth-order valence-electron chi connectivity index (χ4n) is 5.80. The molecule has 2 saturated heterocycles. The number of aliphatic hydroxyl groups is 1. The van der Waals surface area contributed by atoms with Crippen LogP contribution in [0.25, 0.3) is 10.9 Å². The molecule has 12 nitrogen and oxygen atoms in total. The molecule has 222 valence electrons. The fraction of sp³-hybridized carbons (Fsp3) is 0.444. The van der Waals surface area contributed by atoms with Crippen molar-refractivity contribution in [1.82, 2.24) is 19.7 Å². The number of carboxylic acids is 2. The van der Waals surface area contributed by atoms with Crippen molar-refractivity contribution in [2.45, 2.75) is 37.3 Å². The Kier molecular flexibility index (Phi) is 7.14. The lowest BCUT2D eigenvalue weighted by Crippen LogP contribution is -2.60. The lowest BCUT2D eigenvalue weighted by atomic mass is 9.92. The van der Waals surface area contributed by atoms with Gasteiger partial charge in [0.1, 0.15) is 22.5 Å². The molecule has 3 aliphatic heterocycles. The van der Waals surface area contributed by atoms with E-state index in [4.69, 9.17) is 12.2 Å². The maximum Gasteiger partial charge on any atom is 0.353 e. The van der Waals surface area contributed by atoms with Crippen molar-refractivity contribution in [2.24, 2.45) is 5.92 Å². The largest absolute Gasteiger partial charge is 0.477 e. The maximum atomic E-state index is 15.3. The van der Waals surface area contributed by atoms with Crippen LogP contribution in [0, 0.1) is 11.7 Å².